The molecule has 0 aromatic carbocycles. The van der Waals surface area contributed by atoms with Crippen molar-refractivity contribution in [3.05, 3.63) is 0 Å². The maximum absolute atomic E-state index is 8.87. The normalized spacial score (nSPS) is 18.4. The molecule has 4 heteroatoms. The first-order valence-electron chi connectivity index (χ1n) is 8.09. The van der Waals surface area contributed by atoms with E-state index >= 15 is 0 Å². The fourth-order valence-corrected chi connectivity index (χ4v) is 2.86. The monoisotopic (exact) mass is 283 g/mol. The smallest absolute Gasteiger partial charge is 0.144 e. The van der Waals surface area contributed by atoms with Crippen molar-refractivity contribution >= 4 is 5.84 Å². The second kappa shape index (κ2) is 7.87. The van der Waals surface area contributed by atoms with Gasteiger partial charge in [-0.3, -0.25) is 0 Å². The van der Waals surface area contributed by atoms with Crippen LogP contribution in [0.15, 0.2) is 5.16 Å². The van der Waals surface area contributed by atoms with E-state index in [2.05, 4.69) is 37.8 Å². The van der Waals surface area contributed by atoms with Crippen LogP contribution >= 0.6 is 0 Å². The highest BCUT2D eigenvalue weighted by Gasteiger charge is 2.27. The molecule has 1 aliphatic rings. The van der Waals surface area contributed by atoms with Crippen LogP contribution in [0.3, 0.4) is 0 Å². The highest BCUT2D eigenvalue weighted by molar-refractivity contribution is 5.85. The number of hydrogen-bond acceptors (Lipinski definition) is 3. The maximum atomic E-state index is 8.87. The molecule has 0 atom stereocenters. The van der Waals surface area contributed by atoms with E-state index in [1.807, 2.05) is 0 Å². The number of oxime groups is 1. The van der Waals surface area contributed by atoms with Crippen molar-refractivity contribution in [2.24, 2.45) is 22.2 Å². The topological polar surface area (TPSA) is 61.8 Å². The zero-order chi connectivity index (χ0) is 15.2. The molecule has 1 fully saturated rings. The average Bonchev–Trinajstić information content (AvgIpc) is 2.91. The molecule has 0 aromatic rings. The van der Waals surface area contributed by atoms with E-state index in [1.165, 1.54) is 38.6 Å². The summed E-state index contributed by atoms with van der Waals surface area (Å²) in [5.74, 6) is 1.09. The lowest BCUT2D eigenvalue weighted by Gasteiger charge is -2.33. The van der Waals surface area contributed by atoms with Crippen molar-refractivity contribution in [1.82, 2.24) is 4.90 Å². The van der Waals surface area contributed by atoms with Gasteiger partial charge in [-0.05, 0) is 44.7 Å². The summed E-state index contributed by atoms with van der Waals surface area (Å²) >= 11 is 0. The molecule has 0 spiro atoms. The van der Waals surface area contributed by atoms with Crippen LogP contribution in [-0.4, -0.2) is 35.1 Å². The van der Waals surface area contributed by atoms with Crippen LogP contribution in [0.25, 0.3) is 0 Å². The van der Waals surface area contributed by atoms with Crippen LogP contribution in [0.4, 0.5) is 0 Å². The van der Waals surface area contributed by atoms with Gasteiger partial charge >= 0.3 is 0 Å². The summed E-state index contributed by atoms with van der Waals surface area (Å²) in [4.78, 5) is 2.64. The molecular weight excluding hydrogens is 250 g/mol. The number of rotatable bonds is 8. The fraction of sp³-hybridized carbons (Fsp3) is 0.938. The van der Waals surface area contributed by atoms with Gasteiger partial charge in [-0.1, -0.05) is 45.7 Å². The minimum atomic E-state index is -0.233. The molecule has 0 saturated heterocycles. The Kier molecular flexibility index (Phi) is 6.80. The Morgan fingerprint density at radius 3 is 2.40 bits per heavy atom. The molecule has 1 saturated carbocycles. The Morgan fingerprint density at radius 2 is 1.90 bits per heavy atom. The van der Waals surface area contributed by atoms with Crippen LogP contribution < -0.4 is 5.73 Å². The van der Waals surface area contributed by atoms with Gasteiger partial charge in [-0.25, -0.2) is 0 Å². The van der Waals surface area contributed by atoms with Gasteiger partial charge in [0.2, 0.25) is 0 Å². The van der Waals surface area contributed by atoms with E-state index < -0.39 is 0 Å². The lowest BCUT2D eigenvalue weighted by Crippen LogP contribution is -2.40. The van der Waals surface area contributed by atoms with Gasteiger partial charge in [0.05, 0.1) is 0 Å². The van der Waals surface area contributed by atoms with Gasteiger partial charge in [0.15, 0.2) is 0 Å². The van der Waals surface area contributed by atoms with Gasteiger partial charge in [0, 0.05) is 11.5 Å². The summed E-state index contributed by atoms with van der Waals surface area (Å²) in [6, 6.07) is 0.747. The standard InChI is InChI=1S/C16H33N3O/c1-13(2)9-11-19(14-7-5-6-8-14)12-10-16(3,4)15(17)18-20/h13-14,20H,5-12H2,1-4H3,(H2,17,18). The van der Waals surface area contributed by atoms with Crippen molar-refractivity contribution in [2.75, 3.05) is 13.1 Å². The van der Waals surface area contributed by atoms with E-state index in [-0.39, 0.29) is 5.41 Å². The Labute approximate surface area is 124 Å². The number of nitrogens with zero attached hydrogens (tertiary/aromatic N) is 2. The first kappa shape index (κ1) is 17.3. The fourth-order valence-electron chi connectivity index (χ4n) is 2.86. The molecule has 3 N–H and O–H groups in total. The number of nitrogens with two attached hydrogens (primary N) is 1. The predicted octanol–water partition coefficient (Wildman–Crippen LogP) is 3.44. The van der Waals surface area contributed by atoms with Crippen molar-refractivity contribution < 1.29 is 5.21 Å². The zero-order valence-electron chi connectivity index (χ0n) is 13.7. The van der Waals surface area contributed by atoms with Gasteiger partial charge in [-0.15, -0.1) is 0 Å². The highest BCUT2D eigenvalue weighted by Crippen LogP contribution is 2.27. The second-order valence-electron chi connectivity index (χ2n) is 7.28. The predicted molar refractivity (Wildman–Crippen MR) is 85.1 cm³/mol. The van der Waals surface area contributed by atoms with Crippen molar-refractivity contribution in [1.29, 1.82) is 0 Å². The zero-order valence-corrected chi connectivity index (χ0v) is 13.7. The van der Waals surface area contributed by atoms with Gasteiger partial charge in [0.1, 0.15) is 5.84 Å². The molecule has 0 aromatic heterocycles. The summed E-state index contributed by atoms with van der Waals surface area (Å²) in [6.07, 6.45) is 7.60. The van der Waals surface area contributed by atoms with Crippen LogP contribution in [0.2, 0.25) is 0 Å². The summed E-state index contributed by atoms with van der Waals surface area (Å²) in [6.45, 7) is 10.9. The molecule has 20 heavy (non-hydrogen) atoms. The third-order valence-electron chi connectivity index (χ3n) is 4.66. The van der Waals surface area contributed by atoms with Crippen LogP contribution in [0.1, 0.15) is 66.2 Å². The Hall–Kier alpha value is -0.770. The molecule has 4 nitrogen and oxygen atoms in total. The molecule has 0 heterocycles. The quantitative estimate of drug-likeness (QED) is 0.310. The van der Waals surface area contributed by atoms with E-state index in [0.29, 0.717) is 5.84 Å². The molecule has 0 bridgehead atoms. The van der Waals surface area contributed by atoms with Crippen LogP contribution in [0, 0.1) is 11.3 Å². The summed E-state index contributed by atoms with van der Waals surface area (Å²) in [5, 5.41) is 12.1. The minimum Gasteiger partial charge on any atom is -0.409 e. The maximum Gasteiger partial charge on any atom is 0.144 e. The van der Waals surface area contributed by atoms with Gasteiger partial charge < -0.3 is 15.8 Å². The molecule has 0 unspecified atom stereocenters. The van der Waals surface area contributed by atoms with E-state index in [9.17, 15) is 0 Å². The second-order valence-corrected chi connectivity index (χ2v) is 7.28. The van der Waals surface area contributed by atoms with E-state index in [0.717, 1.165) is 24.9 Å². The van der Waals surface area contributed by atoms with Crippen molar-refractivity contribution in [3.8, 4) is 0 Å². The molecular formula is C16H33N3O. The average molecular weight is 283 g/mol. The molecule has 0 aliphatic heterocycles. The van der Waals surface area contributed by atoms with Gasteiger partial charge in [-0.2, -0.15) is 0 Å². The molecule has 1 rings (SSSR count). The molecule has 0 amide bonds. The summed E-state index contributed by atoms with van der Waals surface area (Å²) in [5.41, 5.74) is 5.56. The van der Waals surface area contributed by atoms with Crippen LogP contribution in [-0.2, 0) is 0 Å². The van der Waals surface area contributed by atoms with E-state index in [1.54, 1.807) is 0 Å². The third-order valence-corrected chi connectivity index (χ3v) is 4.66. The van der Waals surface area contributed by atoms with Crippen molar-refractivity contribution in [2.45, 2.75) is 72.3 Å². The van der Waals surface area contributed by atoms with E-state index in [4.69, 9.17) is 10.9 Å². The largest absolute Gasteiger partial charge is 0.409 e. The molecule has 0 radical (unpaired) electrons. The molecule has 1 aliphatic carbocycles. The SMILES string of the molecule is CC(C)CCN(CCC(C)(C)C(N)=NO)C1CCCC1. The Balaban J connectivity index is 2.55. The highest BCUT2D eigenvalue weighted by atomic mass is 16.4. The number of hydrogen-bond donors (Lipinski definition) is 2. The summed E-state index contributed by atoms with van der Waals surface area (Å²) in [7, 11) is 0. The lowest BCUT2D eigenvalue weighted by molar-refractivity contribution is 0.171. The lowest BCUT2D eigenvalue weighted by atomic mass is 9.87. The Bertz CT molecular complexity index is 307. The van der Waals surface area contributed by atoms with Gasteiger partial charge in [0.25, 0.3) is 0 Å². The third kappa shape index (κ3) is 5.31. The Morgan fingerprint density at radius 1 is 1.30 bits per heavy atom. The number of amidine groups is 1. The van der Waals surface area contributed by atoms with Crippen LogP contribution in [0.5, 0.6) is 0 Å². The molecule has 118 valence electrons. The summed E-state index contributed by atoms with van der Waals surface area (Å²) < 4.78 is 0. The first-order valence-corrected chi connectivity index (χ1v) is 8.09. The minimum absolute atomic E-state index is 0.233. The first-order chi connectivity index (χ1) is 9.36. The van der Waals surface area contributed by atoms with Crippen molar-refractivity contribution in [3.63, 3.8) is 0 Å².